The Kier molecular flexibility index (Phi) is 5.19. The van der Waals surface area contributed by atoms with Gasteiger partial charge in [0.2, 0.25) is 5.82 Å². The number of hydrogen-bond acceptors (Lipinski definition) is 7. The maximum Gasteiger partial charge on any atom is 0.356 e. The van der Waals surface area contributed by atoms with Gasteiger partial charge in [0.15, 0.2) is 5.69 Å². The Morgan fingerprint density at radius 1 is 1.63 bits per heavy atom. The molecule has 1 unspecified atom stereocenters. The minimum absolute atomic E-state index is 0.0202. The fraction of sp³-hybridized carbons (Fsp3) is 0.455. The van der Waals surface area contributed by atoms with Crippen LogP contribution in [0.4, 0.5) is 11.5 Å². The third-order valence-corrected chi connectivity index (χ3v) is 2.39. The van der Waals surface area contributed by atoms with Crippen molar-refractivity contribution in [2.75, 3.05) is 25.6 Å². The number of carbonyl (C=O) groups excluding carboxylic acids is 1. The molecule has 1 aromatic heterocycles. The lowest BCUT2D eigenvalue weighted by molar-refractivity contribution is -0.384. The quantitative estimate of drug-likeness (QED) is 0.446. The smallest absolute Gasteiger partial charge is 0.356 e. The molecule has 0 fully saturated rings. The third kappa shape index (κ3) is 3.88. The molecule has 0 radical (unpaired) electrons. The van der Waals surface area contributed by atoms with Crippen molar-refractivity contribution in [3.63, 3.8) is 0 Å². The predicted octanol–water partition coefficient (Wildman–Crippen LogP) is 0.817. The highest BCUT2D eigenvalue weighted by Crippen LogP contribution is 2.22. The second-order valence-corrected chi connectivity index (χ2v) is 3.98. The first-order valence-corrected chi connectivity index (χ1v) is 5.58. The topological polar surface area (TPSA) is 115 Å². The molecule has 0 bridgehead atoms. The van der Waals surface area contributed by atoms with Crippen LogP contribution >= 0.6 is 0 Å². The summed E-state index contributed by atoms with van der Waals surface area (Å²) in [7, 11) is 1.20. The number of ether oxygens (including phenoxy) is 1. The van der Waals surface area contributed by atoms with Crippen LogP contribution in [0.15, 0.2) is 12.1 Å². The van der Waals surface area contributed by atoms with Crippen molar-refractivity contribution >= 4 is 17.5 Å². The molecule has 8 nitrogen and oxygen atoms in total. The number of nitro groups is 1. The number of methoxy groups -OCH3 is 1. The predicted molar refractivity (Wildman–Crippen MR) is 67.0 cm³/mol. The maximum atomic E-state index is 11.3. The second-order valence-electron chi connectivity index (χ2n) is 3.98. The van der Waals surface area contributed by atoms with Crippen molar-refractivity contribution in [3.8, 4) is 0 Å². The fourth-order valence-electron chi connectivity index (χ4n) is 1.28. The number of carbonyl (C=O) groups is 1. The van der Waals surface area contributed by atoms with Gasteiger partial charge in [0.25, 0.3) is 0 Å². The number of nitrogens with one attached hydrogen (secondary N) is 1. The summed E-state index contributed by atoms with van der Waals surface area (Å²) in [5, 5.41) is 22.5. The largest absolute Gasteiger partial charge is 0.464 e. The van der Waals surface area contributed by atoms with Crippen molar-refractivity contribution in [2.45, 2.75) is 6.92 Å². The zero-order chi connectivity index (χ0) is 14.4. The van der Waals surface area contributed by atoms with Crippen LogP contribution < -0.4 is 5.32 Å². The highest BCUT2D eigenvalue weighted by molar-refractivity contribution is 5.88. The standard InChI is InChI=1S/C11H15N3O5/c1-7(6-15)5-12-10-9(14(17)18)4-3-8(13-10)11(16)19-2/h3-4,7,15H,5-6H2,1-2H3,(H,12,13). The molecule has 0 aliphatic heterocycles. The van der Waals surface area contributed by atoms with Crippen LogP contribution in [0.5, 0.6) is 0 Å². The van der Waals surface area contributed by atoms with E-state index in [4.69, 9.17) is 5.11 Å². The van der Waals surface area contributed by atoms with Crippen LogP contribution in [0, 0.1) is 16.0 Å². The van der Waals surface area contributed by atoms with Crippen molar-refractivity contribution in [1.82, 2.24) is 4.98 Å². The van der Waals surface area contributed by atoms with E-state index in [9.17, 15) is 14.9 Å². The summed E-state index contributed by atoms with van der Waals surface area (Å²) in [6.45, 7) is 2.01. The van der Waals surface area contributed by atoms with Crippen LogP contribution in [0.1, 0.15) is 17.4 Å². The van der Waals surface area contributed by atoms with Gasteiger partial charge in [0, 0.05) is 19.2 Å². The molecular weight excluding hydrogens is 254 g/mol. The number of nitrogens with zero attached hydrogens (tertiary/aromatic N) is 2. The molecule has 0 aliphatic rings. The summed E-state index contributed by atoms with van der Waals surface area (Å²) in [6.07, 6.45) is 0. The number of hydrogen-bond donors (Lipinski definition) is 2. The Labute approximate surface area is 109 Å². The monoisotopic (exact) mass is 269 g/mol. The van der Waals surface area contributed by atoms with Gasteiger partial charge in [-0.1, -0.05) is 6.92 Å². The molecule has 1 atom stereocenters. The first-order valence-electron chi connectivity index (χ1n) is 5.58. The van der Waals surface area contributed by atoms with Gasteiger partial charge in [-0.2, -0.15) is 0 Å². The van der Waals surface area contributed by atoms with Crippen molar-refractivity contribution in [2.24, 2.45) is 5.92 Å². The van der Waals surface area contributed by atoms with Gasteiger partial charge in [0.05, 0.1) is 12.0 Å². The molecule has 0 aromatic carbocycles. The molecule has 0 aliphatic carbocycles. The van der Waals surface area contributed by atoms with E-state index in [-0.39, 0.29) is 29.7 Å². The van der Waals surface area contributed by atoms with Crippen molar-refractivity contribution < 1.29 is 19.6 Å². The number of aliphatic hydroxyl groups excluding tert-OH is 1. The molecule has 1 heterocycles. The number of rotatable bonds is 6. The van der Waals surface area contributed by atoms with Crippen molar-refractivity contribution in [1.29, 1.82) is 0 Å². The highest BCUT2D eigenvalue weighted by Gasteiger charge is 2.19. The third-order valence-electron chi connectivity index (χ3n) is 2.39. The van der Waals surface area contributed by atoms with Gasteiger partial charge in [-0.15, -0.1) is 0 Å². The van der Waals surface area contributed by atoms with Crippen molar-refractivity contribution in [3.05, 3.63) is 27.9 Å². The summed E-state index contributed by atoms with van der Waals surface area (Å²) in [5.74, 6) is -0.787. The van der Waals surface area contributed by atoms with E-state index < -0.39 is 10.9 Å². The van der Waals surface area contributed by atoms with Gasteiger partial charge in [-0.25, -0.2) is 9.78 Å². The van der Waals surface area contributed by atoms with Gasteiger partial charge in [-0.3, -0.25) is 10.1 Å². The van der Waals surface area contributed by atoms with Crippen LogP contribution in [0.3, 0.4) is 0 Å². The van der Waals surface area contributed by atoms with Crippen LogP contribution in [-0.2, 0) is 4.74 Å². The van der Waals surface area contributed by atoms with Crippen LogP contribution in [0.25, 0.3) is 0 Å². The fourth-order valence-corrected chi connectivity index (χ4v) is 1.28. The van der Waals surface area contributed by atoms with Gasteiger partial charge < -0.3 is 15.2 Å². The molecular formula is C11H15N3O5. The molecule has 19 heavy (non-hydrogen) atoms. The normalized spacial score (nSPS) is 11.7. The number of pyridine rings is 1. The first kappa shape index (κ1) is 14.8. The molecule has 2 N–H and O–H groups in total. The number of aromatic nitrogens is 1. The summed E-state index contributed by atoms with van der Waals surface area (Å²) in [5.41, 5.74) is -0.259. The Balaban J connectivity index is 3.01. The first-order chi connectivity index (χ1) is 8.99. The SMILES string of the molecule is COC(=O)c1ccc([N+](=O)[O-])c(NCC(C)CO)n1. The zero-order valence-electron chi connectivity index (χ0n) is 10.6. The zero-order valence-corrected chi connectivity index (χ0v) is 10.6. The summed E-state index contributed by atoms with van der Waals surface area (Å²) < 4.78 is 4.50. The summed E-state index contributed by atoms with van der Waals surface area (Å²) >= 11 is 0. The average molecular weight is 269 g/mol. The molecule has 0 saturated heterocycles. The second kappa shape index (κ2) is 6.64. The summed E-state index contributed by atoms with van der Waals surface area (Å²) in [6, 6.07) is 2.41. The molecule has 104 valence electrons. The number of aliphatic hydroxyl groups is 1. The van der Waals surface area contributed by atoms with E-state index >= 15 is 0 Å². The lowest BCUT2D eigenvalue weighted by Gasteiger charge is -2.10. The Bertz CT molecular complexity index is 477. The highest BCUT2D eigenvalue weighted by atomic mass is 16.6. The van der Waals surface area contributed by atoms with E-state index in [0.29, 0.717) is 6.54 Å². The summed E-state index contributed by atoms with van der Waals surface area (Å²) in [4.78, 5) is 25.4. The molecule has 0 amide bonds. The number of anilines is 1. The van der Waals surface area contributed by atoms with Gasteiger partial charge in [0.1, 0.15) is 0 Å². The van der Waals surface area contributed by atoms with E-state index in [0.717, 1.165) is 0 Å². The molecule has 1 rings (SSSR count). The van der Waals surface area contributed by atoms with Gasteiger partial charge >= 0.3 is 11.7 Å². The minimum Gasteiger partial charge on any atom is -0.464 e. The molecule has 0 spiro atoms. The lowest BCUT2D eigenvalue weighted by Crippen LogP contribution is -2.17. The molecule has 8 heteroatoms. The Hall–Kier alpha value is -2.22. The maximum absolute atomic E-state index is 11.3. The molecule has 0 saturated carbocycles. The van der Waals surface area contributed by atoms with Crippen LogP contribution in [-0.4, -0.2) is 41.2 Å². The Morgan fingerprint density at radius 2 is 2.32 bits per heavy atom. The van der Waals surface area contributed by atoms with E-state index in [2.05, 4.69) is 15.0 Å². The van der Waals surface area contributed by atoms with Gasteiger partial charge in [-0.05, 0) is 12.0 Å². The Morgan fingerprint density at radius 3 is 2.84 bits per heavy atom. The van der Waals surface area contributed by atoms with E-state index in [1.165, 1.54) is 19.2 Å². The van der Waals surface area contributed by atoms with E-state index in [1.54, 1.807) is 6.92 Å². The minimum atomic E-state index is -0.673. The lowest BCUT2D eigenvalue weighted by atomic mass is 10.2. The van der Waals surface area contributed by atoms with Crippen LogP contribution in [0.2, 0.25) is 0 Å². The molecule has 1 aromatic rings. The average Bonchev–Trinajstić information content (AvgIpc) is 2.43. The number of esters is 1. The van der Waals surface area contributed by atoms with E-state index in [1.807, 2.05) is 0 Å².